The molecule has 5 nitrogen and oxygen atoms in total. The Morgan fingerprint density at radius 2 is 1.68 bits per heavy atom. The van der Waals surface area contributed by atoms with E-state index in [2.05, 4.69) is 10.6 Å². The molecule has 2 aromatic carbocycles. The molecule has 1 amide bonds. The van der Waals surface area contributed by atoms with E-state index in [1.54, 1.807) is 25.1 Å². The zero-order chi connectivity index (χ0) is 15.8. The van der Waals surface area contributed by atoms with Gasteiger partial charge < -0.3 is 15.4 Å². The van der Waals surface area contributed by atoms with Crippen molar-refractivity contribution < 1.29 is 14.3 Å². The number of anilines is 2. The number of amides is 1. The van der Waals surface area contributed by atoms with Gasteiger partial charge in [0, 0.05) is 12.2 Å². The lowest BCUT2D eigenvalue weighted by Crippen LogP contribution is -2.28. The molecular formula is C17H18N2O3. The average molecular weight is 298 g/mol. The molecule has 0 aliphatic carbocycles. The van der Waals surface area contributed by atoms with E-state index in [1.165, 1.54) is 0 Å². The van der Waals surface area contributed by atoms with E-state index in [0.717, 1.165) is 5.69 Å². The summed E-state index contributed by atoms with van der Waals surface area (Å²) in [5.41, 5.74) is 1.89. The van der Waals surface area contributed by atoms with Gasteiger partial charge in [0.1, 0.15) is 0 Å². The van der Waals surface area contributed by atoms with Crippen molar-refractivity contribution in [3.8, 4) is 0 Å². The van der Waals surface area contributed by atoms with E-state index >= 15 is 0 Å². The van der Waals surface area contributed by atoms with Gasteiger partial charge >= 0.3 is 5.97 Å². The topological polar surface area (TPSA) is 67.4 Å². The Kier molecular flexibility index (Phi) is 5.54. The fourth-order valence-electron chi connectivity index (χ4n) is 1.90. The molecule has 0 bridgehead atoms. The second-order valence-corrected chi connectivity index (χ2v) is 4.57. The lowest BCUT2D eigenvalue weighted by molar-refractivity contribution is -0.124. The molecule has 5 heteroatoms. The van der Waals surface area contributed by atoms with E-state index < -0.39 is 5.97 Å². The van der Waals surface area contributed by atoms with Crippen molar-refractivity contribution in [2.75, 3.05) is 18.5 Å². The van der Waals surface area contributed by atoms with Crippen LogP contribution >= 0.6 is 0 Å². The summed E-state index contributed by atoms with van der Waals surface area (Å²) in [6.07, 6.45) is 0. The molecule has 0 heterocycles. The summed E-state index contributed by atoms with van der Waals surface area (Å²) in [7, 11) is 0. The maximum absolute atomic E-state index is 12.1. The second kappa shape index (κ2) is 7.83. The van der Waals surface area contributed by atoms with E-state index in [0.29, 0.717) is 17.8 Å². The predicted octanol–water partition coefficient (Wildman–Crippen LogP) is 2.72. The van der Waals surface area contributed by atoms with Crippen LogP contribution in [0.4, 0.5) is 11.4 Å². The molecule has 2 aromatic rings. The summed E-state index contributed by atoms with van der Waals surface area (Å²) in [5, 5.41) is 5.74. The van der Waals surface area contributed by atoms with Gasteiger partial charge in [0.05, 0.1) is 11.3 Å². The van der Waals surface area contributed by atoms with Crippen molar-refractivity contribution in [2.45, 2.75) is 6.92 Å². The molecular weight excluding hydrogens is 280 g/mol. The highest BCUT2D eigenvalue weighted by atomic mass is 16.5. The van der Waals surface area contributed by atoms with Crippen molar-refractivity contribution in [2.24, 2.45) is 0 Å². The fourth-order valence-corrected chi connectivity index (χ4v) is 1.90. The third-order valence-electron chi connectivity index (χ3n) is 2.91. The van der Waals surface area contributed by atoms with E-state index in [9.17, 15) is 9.59 Å². The second-order valence-electron chi connectivity index (χ2n) is 4.57. The molecule has 0 atom stereocenters. The first kappa shape index (κ1) is 15.6. The largest absolute Gasteiger partial charge is 0.452 e. The number of hydrogen-bond acceptors (Lipinski definition) is 4. The number of benzene rings is 2. The van der Waals surface area contributed by atoms with Crippen LogP contribution in [0.1, 0.15) is 17.3 Å². The number of ether oxygens (including phenoxy) is 1. The quantitative estimate of drug-likeness (QED) is 0.805. The predicted molar refractivity (Wildman–Crippen MR) is 85.1 cm³/mol. The van der Waals surface area contributed by atoms with Crippen LogP contribution in [0.15, 0.2) is 54.6 Å². The van der Waals surface area contributed by atoms with Crippen LogP contribution < -0.4 is 10.6 Å². The van der Waals surface area contributed by atoms with Crippen molar-refractivity contribution in [1.82, 2.24) is 5.32 Å². The first-order valence-electron chi connectivity index (χ1n) is 7.05. The van der Waals surface area contributed by atoms with Crippen LogP contribution in [0.2, 0.25) is 0 Å². The minimum atomic E-state index is -0.537. The van der Waals surface area contributed by atoms with Crippen LogP contribution in [0.3, 0.4) is 0 Å². The maximum atomic E-state index is 12.1. The van der Waals surface area contributed by atoms with Gasteiger partial charge in [-0.1, -0.05) is 30.3 Å². The Balaban J connectivity index is 2.07. The van der Waals surface area contributed by atoms with Gasteiger partial charge in [-0.25, -0.2) is 4.79 Å². The van der Waals surface area contributed by atoms with Gasteiger partial charge in [-0.2, -0.15) is 0 Å². The number of carbonyl (C=O) groups is 2. The highest BCUT2D eigenvalue weighted by molar-refractivity contribution is 5.97. The normalized spacial score (nSPS) is 9.86. The minimum absolute atomic E-state index is 0.285. The van der Waals surface area contributed by atoms with Crippen molar-refractivity contribution in [3.63, 3.8) is 0 Å². The molecule has 2 N–H and O–H groups in total. The minimum Gasteiger partial charge on any atom is -0.452 e. The number of para-hydroxylation sites is 2. The van der Waals surface area contributed by atoms with Crippen LogP contribution in [0, 0.1) is 0 Å². The van der Waals surface area contributed by atoms with Crippen LogP contribution in [0.25, 0.3) is 0 Å². The van der Waals surface area contributed by atoms with Gasteiger partial charge in [-0.05, 0) is 31.2 Å². The number of hydrogen-bond donors (Lipinski definition) is 2. The maximum Gasteiger partial charge on any atom is 0.340 e. The van der Waals surface area contributed by atoms with Crippen LogP contribution in [-0.2, 0) is 9.53 Å². The average Bonchev–Trinajstić information content (AvgIpc) is 2.54. The lowest BCUT2D eigenvalue weighted by atomic mass is 10.1. The lowest BCUT2D eigenvalue weighted by Gasteiger charge is -2.11. The third-order valence-corrected chi connectivity index (χ3v) is 2.91. The molecule has 0 unspecified atom stereocenters. The summed E-state index contributed by atoms with van der Waals surface area (Å²) in [5.74, 6) is -0.852. The van der Waals surface area contributed by atoms with Gasteiger partial charge in [-0.3, -0.25) is 4.79 Å². The van der Waals surface area contributed by atoms with Gasteiger partial charge in [0.2, 0.25) is 0 Å². The molecule has 22 heavy (non-hydrogen) atoms. The highest BCUT2D eigenvalue weighted by Crippen LogP contribution is 2.21. The zero-order valence-electron chi connectivity index (χ0n) is 12.3. The van der Waals surface area contributed by atoms with Crippen LogP contribution in [0.5, 0.6) is 0 Å². The Morgan fingerprint density at radius 3 is 2.41 bits per heavy atom. The van der Waals surface area contributed by atoms with E-state index in [4.69, 9.17) is 4.74 Å². The smallest absolute Gasteiger partial charge is 0.340 e. The summed E-state index contributed by atoms with van der Waals surface area (Å²) >= 11 is 0. The Bertz CT molecular complexity index is 641. The van der Waals surface area contributed by atoms with E-state index in [-0.39, 0.29) is 12.5 Å². The molecule has 0 saturated carbocycles. The number of carbonyl (C=O) groups excluding carboxylic acids is 2. The Labute approximate surface area is 129 Å². The zero-order valence-corrected chi connectivity index (χ0v) is 12.3. The third kappa shape index (κ3) is 4.34. The standard InChI is InChI=1S/C17H18N2O3/c1-2-18-16(20)12-22-17(21)14-10-6-7-11-15(14)19-13-8-4-3-5-9-13/h3-11,19H,2,12H2,1H3,(H,18,20). The molecule has 114 valence electrons. The Hall–Kier alpha value is -2.82. The summed E-state index contributed by atoms with van der Waals surface area (Å²) in [6, 6.07) is 16.5. The molecule has 0 aromatic heterocycles. The highest BCUT2D eigenvalue weighted by Gasteiger charge is 2.14. The van der Waals surface area contributed by atoms with Crippen LogP contribution in [-0.4, -0.2) is 25.0 Å². The summed E-state index contributed by atoms with van der Waals surface area (Å²) in [4.78, 5) is 23.5. The summed E-state index contributed by atoms with van der Waals surface area (Å²) in [6.45, 7) is 2.02. The van der Waals surface area contributed by atoms with Gasteiger partial charge in [-0.15, -0.1) is 0 Å². The molecule has 0 saturated heterocycles. The van der Waals surface area contributed by atoms with E-state index in [1.807, 2.05) is 36.4 Å². The molecule has 2 rings (SSSR count). The first-order chi connectivity index (χ1) is 10.7. The number of esters is 1. The molecule has 0 spiro atoms. The molecule has 0 radical (unpaired) electrons. The van der Waals surface area contributed by atoms with Crippen molar-refractivity contribution in [3.05, 3.63) is 60.2 Å². The van der Waals surface area contributed by atoms with Gasteiger partial charge in [0.15, 0.2) is 6.61 Å². The molecule has 0 fully saturated rings. The molecule has 0 aliphatic rings. The van der Waals surface area contributed by atoms with Crippen molar-refractivity contribution >= 4 is 23.3 Å². The number of likely N-dealkylation sites (N-methyl/N-ethyl adjacent to an activating group) is 1. The monoisotopic (exact) mass is 298 g/mol. The number of nitrogens with one attached hydrogen (secondary N) is 2. The summed E-state index contributed by atoms with van der Waals surface area (Å²) < 4.78 is 5.03. The molecule has 0 aliphatic heterocycles. The number of rotatable bonds is 6. The van der Waals surface area contributed by atoms with Gasteiger partial charge in [0.25, 0.3) is 5.91 Å². The van der Waals surface area contributed by atoms with Crippen molar-refractivity contribution in [1.29, 1.82) is 0 Å². The fraction of sp³-hybridized carbons (Fsp3) is 0.176. The first-order valence-corrected chi connectivity index (χ1v) is 7.05. The SMILES string of the molecule is CCNC(=O)COC(=O)c1ccccc1Nc1ccccc1. The Morgan fingerprint density at radius 1 is 1.00 bits per heavy atom.